The van der Waals surface area contributed by atoms with E-state index in [1.54, 1.807) is 18.2 Å². The summed E-state index contributed by atoms with van der Waals surface area (Å²) in [5, 5.41) is 11.1. The average molecular weight is 264 g/mol. The minimum Gasteiger partial charge on any atom is -0.545 e. The summed E-state index contributed by atoms with van der Waals surface area (Å²) in [5.74, 6) is -0.417. The number of benzene rings is 1. The molecule has 4 nitrogen and oxygen atoms in total. The number of carbonyl (C=O) groups is 1. The van der Waals surface area contributed by atoms with Crippen LogP contribution in [0.15, 0.2) is 18.2 Å². The number of aromatic carboxylic acids is 1. The Morgan fingerprint density at radius 2 is 1.95 bits per heavy atom. The molecule has 0 aliphatic heterocycles. The van der Waals surface area contributed by atoms with Crippen molar-refractivity contribution in [2.75, 3.05) is 26.2 Å². The predicted molar refractivity (Wildman–Crippen MR) is 73.4 cm³/mol. The number of carboxylic acids is 1. The van der Waals surface area contributed by atoms with Crippen molar-refractivity contribution >= 4 is 5.97 Å². The Balaban J connectivity index is 2.87. The van der Waals surface area contributed by atoms with Gasteiger partial charge in [-0.15, -0.1) is 0 Å². The molecule has 0 radical (unpaired) electrons. The third-order valence-electron chi connectivity index (χ3n) is 3.20. The second kappa shape index (κ2) is 7.79. The van der Waals surface area contributed by atoms with Crippen molar-refractivity contribution in [3.05, 3.63) is 29.3 Å². The molecule has 19 heavy (non-hydrogen) atoms. The van der Waals surface area contributed by atoms with Crippen LogP contribution < -0.4 is 9.84 Å². The molecule has 106 valence electrons. The Bertz CT molecular complexity index is 414. The molecule has 0 aliphatic carbocycles. The van der Waals surface area contributed by atoms with Gasteiger partial charge in [-0.25, -0.2) is 0 Å². The lowest BCUT2D eigenvalue weighted by Gasteiger charge is -2.19. The Labute approximate surface area is 115 Å². The smallest absolute Gasteiger partial charge is 0.119 e. The third kappa shape index (κ3) is 4.56. The summed E-state index contributed by atoms with van der Waals surface area (Å²) in [4.78, 5) is 13.4. The number of likely N-dealkylation sites (N-methyl/N-ethyl adjacent to an activating group) is 1. The second-order valence-corrected chi connectivity index (χ2v) is 4.32. The molecule has 1 aromatic carbocycles. The number of ether oxygens (including phenoxy) is 1. The third-order valence-corrected chi connectivity index (χ3v) is 3.20. The summed E-state index contributed by atoms with van der Waals surface area (Å²) in [6.45, 7) is 9.43. The van der Waals surface area contributed by atoms with Crippen LogP contribution in [0.1, 0.15) is 36.7 Å². The number of nitrogens with zero attached hydrogens (tertiary/aromatic N) is 1. The molecular formula is C15H22NO3-. The summed E-state index contributed by atoms with van der Waals surface area (Å²) in [6.07, 6.45) is 0.686. The van der Waals surface area contributed by atoms with Gasteiger partial charge in [-0.3, -0.25) is 0 Å². The molecule has 0 N–H and O–H groups in total. The van der Waals surface area contributed by atoms with Crippen LogP contribution in [0.4, 0.5) is 0 Å². The van der Waals surface area contributed by atoms with Gasteiger partial charge in [-0.1, -0.05) is 13.8 Å². The van der Waals surface area contributed by atoms with E-state index >= 15 is 0 Å². The van der Waals surface area contributed by atoms with Crippen LogP contribution in [0.2, 0.25) is 0 Å². The SMILES string of the molecule is CCOc1ccc(C(=O)[O-])c(CCN(CC)CC)c1. The lowest BCUT2D eigenvalue weighted by molar-refractivity contribution is -0.255. The Hall–Kier alpha value is -1.55. The van der Waals surface area contributed by atoms with Gasteiger partial charge in [0.1, 0.15) is 5.75 Å². The highest BCUT2D eigenvalue weighted by Gasteiger charge is 2.08. The molecule has 1 aromatic rings. The van der Waals surface area contributed by atoms with Crippen molar-refractivity contribution < 1.29 is 14.6 Å². The Morgan fingerprint density at radius 3 is 2.47 bits per heavy atom. The van der Waals surface area contributed by atoms with Crippen molar-refractivity contribution in [1.29, 1.82) is 0 Å². The fourth-order valence-electron chi connectivity index (χ4n) is 2.05. The van der Waals surface area contributed by atoms with Gasteiger partial charge in [-0.2, -0.15) is 0 Å². The fraction of sp³-hybridized carbons (Fsp3) is 0.533. The predicted octanol–water partition coefficient (Wildman–Crippen LogP) is 1.33. The lowest BCUT2D eigenvalue weighted by atomic mass is 10.0. The Kier molecular flexibility index (Phi) is 6.36. The first-order valence-electron chi connectivity index (χ1n) is 6.81. The van der Waals surface area contributed by atoms with Crippen molar-refractivity contribution in [2.24, 2.45) is 0 Å². The lowest BCUT2D eigenvalue weighted by Crippen LogP contribution is -2.28. The topological polar surface area (TPSA) is 52.6 Å². The van der Waals surface area contributed by atoms with Gasteiger partial charge in [0, 0.05) is 12.1 Å². The Morgan fingerprint density at radius 1 is 1.26 bits per heavy atom. The fourth-order valence-corrected chi connectivity index (χ4v) is 2.05. The minimum absolute atomic E-state index is 0.260. The molecule has 0 unspecified atom stereocenters. The van der Waals surface area contributed by atoms with Crippen molar-refractivity contribution in [2.45, 2.75) is 27.2 Å². The molecule has 0 bridgehead atoms. The summed E-state index contributed by atoms with van der Waals surface area (Å²) in [6, 6.07) is 5.05. The largest absolute Gasteiger partial charge is 0.545 e. The summed E-state index contributed by atoms with van der Waals surface area (Å²) >= 11 is 0. The van der Waals surface area contributed by atoms with Crippen LogP contribution in [0.25, 0.3) is 0 Å². The van der Waals surface area contributed by atoms with Gasteiger partial charge >= 0.3 is 0 Å². The van der Waals surface area contributed by atoms with Crippen LogP contribution in [0.3, 0.4) is 0 Å². The molecule has 0 aliphatic rings. The molecule has 0 saturated carbocycles. The van der Waals surface area contributed by atoms with Gasteiger partial charge < -0.3 is 19.5 Å². The van der Waals surface area contributed by atoms with E-state index in [1.807, 2.05) is 6.92 Å². The maximum Gasteiger partial charge on any atom is 0.119 e. The highest BCUT2D eigenvalue weighted by Crippen LogP contribution is 2.18. The maximum atomic E-state index is 11.1. The van der Waals surface area contributed by atoms with E-state index in [2.05, 4.69) is 18.7 Å². The molecule has 0 amide bonds. The van der Waals surface area contributed by atoms with E-state index in [9.17, 15) is 9.90 Å². The second-order valence-electron chi connectivity index (χ2n) is 4.32. The number of carboxylic acid groups (broad SMARTS) is 1. The van der Waals surface area contributed by atoms with E-state index < -0.39 is 5.97 Å². The average Bonchev–Trinajstić information content (AvgIpc) is 2.40. The molecule has 1 rings (SSSR count). The van der Waals surface area contributed by atoms with Crippen molar-refractivity contribution in [3.8, 4) is 5.75 Å². The van der Waals surface area contributed by atoms with E-state index in [0.29, 0.717) is 18.8 Å². The number of carbonyl (C=O) groups excluding carboxylic acids is 1. The first kappa shape index (κ1) is 15.5. The van der Waals surface area contributed by atoms with Gasteiger partial charge in [0.25, 0.3) is 0 Å². The minimum atomic E-state index is -1.13. The molecule has 0 heterocycles. The monoisotopic (exact) mass is 264 g/mol. The quantitative estimate of drug-likeness (QED) is 0.711. The standard InChI is InChI=1S/C15H23NO3/c1-4-16(5-2)10-9-12-11-13(19-6-3)7-8-14(12)15(17)18/h7-8,11H,4-6,9-10H2,1-3H3,(H,17,18)/p-1. The number of hydrogen-bond donors (Lipinski definition) is 0. The van der Waals surface area contributed by atoms with E-state index in [0.717, 1.165) is 25.2 Å². The molecule has 0 atom stereocenters. The molecule has 0 fully saturated rings. The number of rotatable bonds is 8. The van der Waals surface area contributed by atoms with Gasteiger partial charge in [0.15, 0.2) is 0 Å². The molecule has 0 aromatic heterocycles. The summed E-state index contributed by atoms with van der Waals surface area (Å²) in [7, 11) is 0. The van der Waals surface area contributed by atoms with Crippen LogP contribution in [-0.4, -0.2) is 37.1 Å². The van der Waals surface area contributed by atoms with E-state index in [4.69, 9.17) is 4.74 Å². The first-order valence-corrected chi connectivity index (χ1v) is 6.81. The summed E-state index contributed by atoms with van der Waals surface area (Å²) < 4.78 is 5.41. The van der Waals surface area contributed by atoms with Crippen LogP contribution in [0.5, 0.6) is 5.75 Å². The first-order chi connectivity index (χ1) is 9.12. The van der Waals surface area contributed by atoms with E-state index in [-0.39, 0.29) is 5.56 Å². The molecular weight excluding hydrogens is 242 g/mol. The zero-order valence-corrected chi connectivity index (χ0v) is 11.9. The van der Waals surface area contributed by atoms with Crippen molar-refractivity contribution in [3.63, 3.8) is 0 Å². The molecule has 0 spiro atoms. The van der Waals surface area contributed by atoms with Gasteiger partial charge in [-0.05, 0) is 50.2 Å². The zero-order chi connectivity index (χ0) is 14.3. The zero-order valence-electron chi connectivity index (χ0n) is 11.9. The molecule has 4 heteroatoms. The maximum absolute atomic E-state index is 11.1. The highest BCUT2D eigenvalue weighted by atomic mass is 16.5. The van der Waals surface area contributed by atoms with Crippen LogP contribution in [-0.2, 0) is 6.42 Å². The van der Waals surface area contributed by atoms with E-state index in [1.165, 1.54) is 0 Å². The van der Waals surface area contributed by atoms with Crippen LogP contribution >= 0.6 is 0 Å². The molecule has 0 saturated heterocycles. The van der Waals surface area contributed by atoms with Crippen LogP contribution in [0, 0.1) is 0 Å². The highest BCUT2D eigenvalue weighted by molar-refractivity contribution is 5.87. The van der Waals surface area contributed by atoms with Gasteiger partial charge in [0.05, 0.1) is 12.6 Å². The summed E-state index contributed by atoms with van der Waals surface area (Å²) in [5.41, 5.74) is 1.04. The normalized spacial score (nSPS) is 10.7. The van der Waals surface area contributed by atoms with Crippen molar-refractivity contribution in [1.82, 2.24) is 4.90 Å². The van der Waals surface area contributed by atoms with Gasteiger partial charge in [0.2, 0.25) is 0 Å². The number of hydrogen-bond acceptors (Lipinski definition) is 4.